The molecule has 27 heavy (non-hydrogen) atoms. The van der Waals surface area contributed by atoms with Crippen LogP contribution in [0.15, 0.2) is 54.7 Å². The number of hydrogen-bond donors (Lipinski definition) is 2. The van der Waals surface area contributed by atoms with E-state index in [1.54, 1.807) is 0 Å². The molecule has 2 N–H and O–H groups in total. The molecular formula is C21H24N4O2. The van der Waals surface area contributed by atoms with Crippen LogP contribution in [-0.4, -0.2) is 48.4 Å². The van der Waals surface area contributed by atoms with Crippen LogP contribution >= 0.6 is 0 Å². The van der Waals surface area contributed by atoms with Gasteiger partial charge in [-0.3, -0.25) is 0 Å². The van der Waals surface area contributed by atoms with Crippen molar-refractivity contribution < 1.29 is 10.2 Å². The SMILES string of the molecule is CN(C)c1ccc(C(c2ccc(N(C)C)cc2)c2cnc(O)nc2O)cc1. The number of hydrogen-bond acceptors (Lipinski definition) is 6. The van der Waals surface area contributed by atoms with Crippen molar-refractivity contribution in [3.8, 4) is 11.9 Å². The van der Waals surface area contributed by atoms with Gasteiger partial charge in [0.15, 0.2) is 0 Å². The lowest BCUT2D eigenvalue weighted by Gasteiger charge is -2.21. The third-order valence-electron chi connectivity index (χ3n) is 4.58. The van der Waals surface area contributed by atoms with Gasteiger partial charge in [-0.1, -0.05) is 24.3 Å². The highest BCUT2D eigenvalue weighted by Gasteiger charge is 2.22. The van der Waals surface area contributed by atoms with Gasteiger partial charge in [0.05, 0.1) is 0 Å². The fourth-order valence-corrected chi connectivity index (χ4v) is 3.06. The van der Waals surface area contributed by atoms with Crippen LogP contribution in [0.1, 0.15) is 22.6 Å². The predicted octanol–water partition coefficient (Wildman–Crippen LogP) is 3.20. The van der Waals surface area contributed by atoms with Gasteiger partial charge < -0.3 is 20.0 Å². The van der Waals surface area contributed by atoms with Gasteiger partial charge in [-0.25, -0.2) is 4.98 Å². The summed E-state index contributed by atoms with van der Waals surface area (Å²) >= 11 is 0. The molecule has 3 rings (SSSR count). The van der Waals surface area contributed by atoms with Crippen molar-refractivity contribution in [1.82, 2.24) is 9.97 Å². The van der Waals surface area contributed by atoms with Crippen LogP contribution < -0.4 is 9.80 Å². The van der Waals surface area contributed by atoms with Gasteiger partial charge in [-0.05, 0) is 35.4 Å². The van der Waals surface area contributed by atoms with Crippen molar-refractivity contribution >= 4 is 11.4 Å². The van der Waals surface area contributed by atoms with E-state index < -0.39 is 6.01 Å². The maximum atomic E-state index is 10.3. The zero-order valence-corrected chi connectivity index (χ0v) is 16.0. The first-order valence-electron chi connectivity index (χ1n) is 8.66. The summed E-state index contributed by atoms with van der Waals surface area (Å²) in [5, 5.41) is 19.8. The molecule has 0 bridgehead atoms. The van der Waals surface area contributed by atoms with Gasteiger partial charge in [0, 0.05) is 57.2 Å². The van der Waals surface area contributed by atoms with Gasteiger partial charge in [0.2, 0.25) is 5.88 Å². The van der Waals surface area contributed by atoms with E-state index in [4.69, 9.17) is 0 Å². The van der Waals surface area contributed by atoms with Crippen molar-refractivity contribution in [3.05, 3.63) is 71.4 Å². The maximum Gasteiger partial charge on any atom is 0.317 e. The minimum atomic E-state index is -0.444. The standard InChI is InChI=1S/C21H24N4O2/c1-24(2)16-9-5-14(6-10-16)19(18-13-22-21(27)23-20(18)26)15-7-11-17(12-8-15)25(3)4/h5-13,19H,1-4H3,(H2,22,23,26,27). The van der Waals surface area contributed by atoms with Gasteiger partial charge in [0.25, 0.3) is 0 Å². The van der Waals surface area contributed by atoms with Crippen LogP contribution in [0.25, 0.3) is 0 Å². The van der Waals surface area contributed by atoms with Crippen molar-refractivity contribution in [2.45, 2.75) is 5.92 Å². The van der Waals surface area contributed by atoms with Crippen molar-refractivity contribution in [2.24, 2.45) is 0 Å². The Kier molecular flexibility index (Phi) is 5.16. The Labute approximate surface area is 159 Å². The summed E-state index contributed by atoms with van der Waals surface area (Å²) in [4.78, 5) is 11.7. The first-order valence-corrected chi connectivity index (χ1v) is 8.66. The van der Waals surface area contributed by atoms with Crippen LogP contribution in [0.2, 0.25) is 0 Å². The van der Waals surface area contributed by atoms with Gasteiger partial charge in [0.1, 0.15) is 0 Å². The molecule has 2 aromatic carbocycles. The van der Waals surface area contributed by atoms with Crippen LogP contribution in [0, 0.1) is 0 Å². The van der Waals surface area contributed by atoms with E-state index in [9.17, 15) is 10.2 Å². The fourth-order valence-electron chi connectivity index (χ4n) is 3.06. The van der Waals surface area contributed by atoms with Crippen LogP contribution in [0.5, 0.6) is 11.9 Å². The van der Waals surface area contributed by atoms with E-state index in [-0.39, 0.29) is 11.8 Å². The molecule has 0 unspecified atom stereocenters. The number of nitrogens with zero attached hydrogens (tertiary/aromatic N) is 4. The molecule has 0 aliphatic rings. The lowest BCUT2D eigenvalue weighted by molar-refractivity contribution is 0.392. The molecule has 0 saturated heterocycles. The summed E-state index contributed by atoms with van der Waals surface area (Å²) in [6, 6.07) is 15.8. The van der Waals surface area contributed by atoms with Crippen LogP contribution in [0.4, 0.5) is 11.4 Å². The number of benzene rings is 2. The van der Waals surface area contributed by atoms with E-state index in [0.717, 1.165) is 22.5 Å². The second-order valence-corrected chi connectivity index (χ2v) is 6.85. The number of rotatable bonds is 5. The van der Waals surface area contributed by atoms with Gasteiger partial charge >= 0.3 is 6.01 Å². The van der Waals surface area contributed by atoms with Crippen molar-refractivity contribution in [1.29, 1.82) is 0 Å². The highest BCUT2D eigenvalue weighted by atomic mass is 16.3. The molecule has 0 aliphatic carbocycles. The lowest BCUT2D eigenvalue weighted by atomic mass is 9.86. The zero-order chi connectivity index (χ0) is 19.6. The molecule has 0 fully saturated rings. The Bertz CT molecular complexity index is 855. The number of aromatic nitrogens is 2. The molecule has 0 aliphatic heterocycles. The van der Waals surface area contributed by atoms with Crippen molar-refractivity contribution in [3.63, 3.8) is 0 Å². The molecule has 0 amide bonds. The Morgan fingerprint density at radius 3 is 1.56 bits per heavy atom. The second kappa shape index (κ2) is 7.53. The third kappa shape index (κ3) is 3.95. The van der Waals surface area contributed by atoms with Gasteiger partial charge in [-0.2, -0.15) is 4.98 Å². The smallest absolute Gasteiger partial charge is 0.317 e. The molecule has 6 heteroatoms. The van der Waals surface area contributed by atoms with Crippen LogP contribution in [0.3, 0.4) is 0 Å². The monoisotopic (exact) mass is 364 g/mol. The number of aromatic hydroxyl groups is 2. The Morgan fingerprint density at radius 2 is 1.19 bits per heavy atom. The highest BCUT2D eigenvalue weighted by Crippen LogP contribution is 2.37. The molecule has 140 valence electrons. The predicted molar refractivity (Wildman–Crippen MR) is 108 cm³/mol. The van der Waals surface area contributed by atoms with E-state index in [0.29, 0.717) is 5.56 Å². The van der Waals surface area contributed by atoms with E-state index >= 15 is 0 Å². The summed E-state index contributed by atoms with van der Waals surface area (Å²) in [7, 11) is 7.97. The van der Waals surface area contributed by atoms with E-state index in [1.807, 2.05) is 86.5 Å². The van der Waals surface area contributed by atoms with E-state index in [2.05, 4.69) is 9.97 Å². The number of anilines is 2. The molecule has 3 aromatic rings. The molecule has 0 atom stereocenters. The second-order valence-electron chi connectivity index (χ2n) is 6.85. The Morgan fingerprint density at radius 1 is 0.741 bits per heavy atom. The minimum absolute atomic E-state index is 0.221. The molecule has 0 saturated carbocycles. The Hall–Kier alpha value is -3.28. The van der Waals surface area contributed by atoms with Crippen LogP contribution in [-0.2, 0) is 0 Å². The summed E-state index contributed by atoms with van der Waals surface area (Å²) in [6.07, 6.45) is 1.47. The minimum Gasteiger partial charge on any atom is -0.493 e. The first-order chi connectivity index (χ1) is 12.9. The average Bonchev–Trinajstić information content (AvgIpc) is 2.64. The lowest BCUT2D eigenvalue weighted by Crippen LogP contribution is -2.10. The third-order valence-corrected chi connectivity index (χ3v) is 4.58. The highest BCUT2D eigenvalue weighted by molar-refractivity contribution is 5.54. The molecule has 1 heterocycles. The topological polar surface area (TPSA) is 72.7 Å². The van der Waals surface area contributed by atoms with Crippen molar-refractivity contribution in [2.75, 3.05) is 38.0 Å². The molecule has 0 radical (unpaired) electrons. The molecular weight excluding hydrogens is 340 g/mol. The molecule has 6 nitrogen and oxygen atoms in total. The molecule has 1 aromatic heterocycles. The quantitative estimate of drug-likeness (QED) is 0.724. The maximum absolute atomic E-state index is 10.3. The summed E-state index contributed by atoms with van der Waals surface area (Å²) in [5.41, 5.74) is 4.73. The Balaban J connectivity index is 2.11. The van der Waals surface area contributed by atoms with Gasteiger partial charge in [-0.15, -0.1) is 0 Å². The fraction of sp³-hybridized carbons (Fsp3) is 0.238. The largest absolute Gasteiger partial charge is 0.493 e. The zero-order valence-electron chi connectivity index (χ0n) is 16.0. The van der Waals surface area contributed by atoms with E-state index in [1.165, 1.54) is 6.20 Å². The summed E-state index contributed by atoms with van der Waals surface area (Å²) < 4.78 is 0. The summed E-state index contributed by atoms with van der Waals surface area (Å²) in [5.74, 6) is -0.473. The normalized spacial score (nSPS) is 10.9. The first kappa shape index (κ1) is 18.5. The molecule has 0 spiro atoms. The average molecular weight is 364 g/mol. The summed E-state index contributed by atoms with van der Waals surface area (Å²) in [6.45, 7) is 0.